The number of aromatic nitrogens is 5. The van der Waals surface area contributed by atoms with Crippen LogP contribution < -0.4 is 10.2 Å². The number of halogens is 3. The number of alkyl halides is 3. The highest BCUT2D eigenvalue weighted by atomic mass is 32.1. The monoisotopic (exact) mass is 417 g/mol. The Kier molecular flexibility index (Phi) is 4.02. The zero-order valence-corrected chi connectivity index (χ0v) is 15.9. The van der Waals surface area contributed by atoms with Crippen LogP contribution in [-0.2, 0) is 6.18 Å². The Balaban J connectivity index is 1.32. The summed E-state index contributed by atoms with van der Waals surface area (Å²) in [5.41, 5.74) is 1.07. The SMILES string of the molecule is Cc1cnc2sc3c(NC4CN(c5ncc(C(F)(F)F)cn5)C4)ncnc3c2c1. The van der Waals surface area contributed by atoms with Crippen molar-refractivity contribution in [2.45, 2.75) is 19.1 Å². The predicted molar refractivity (Wildman–Crippen MR) is 104 cm³/mol. The van der Waals surface area contributed by atoms with Gasteiger partial charge in [0.25, 0.3) is 0 Å². The lowest BCUT2D eigenvalue weighted by Gasteiger charge is -2.39. The molecule has 11 heteroatoms. The minimum absolute atomic E-state index is 0.0823. The molecule has 1 aliphatic heterocycles. The molecule has 148 valence electrons. The summed E-state index contributed by atoms with van der Waals surface area (Å²) in [5, 5.41) is 4.39. The number of nitrogens with zero attached hydrogens (tertiary/aromatic N) is 6. The van der Waals surface area contributed by atoms with E-state index in [2.05, 4.69) is 36.3 Å². The van der Waals surface area contributed by atoms with Crippen LogP contribution in [0.3, 0.4) is 0 Å². The standard InChI is InChI=1S/C18H14F3N7S/c1-9-2-12-13-14(29-16(12)22-3-9)15(26-8-25-13)27-11-6-28(7-11)17-23-4-10(5-24-17)18(19,20)21/h2-5,8,11H,6-7H2,1H3,(H,25,26,27). The molecule has 4 aromatic rings. The van der Waals surface area contributed by atoms with E-state index in [4.69, 9.17) is 0 Å². The third-order valence-corrected chi connectivity index (χ3v) is 5.83. The number of hydrogen-bond donors (Lipinski definition) is 1. The maximum absolute atomic E-state index is 12.6. The van der Waals surface area contributed by atoms with Crippen LogP contribution in [0.25, 0.3) is 20.4 Å². The molecule has 1 N–H and O–H groups in total. The van der Waals surface area contributed by atoms with Gasteiger partial charge in [-0.3, -0.25) is 0 Å². The molecule has 0 atom stereocenters. The summed E-state index contributed by atoms with van der Waals surface area (Å²) in [4.78, 5) is 23.6. The van der Waals surface area contributed by atoms with Crippen LogP contribution in [0.5, 0.6) is 0 Å². The normalized spacial score (nSPS) is 15.1. The molecule has 0 unspecified atom stereocenters. The molecule has 5 rings (SSSR count). The first-order valence-corrected chi connectivity index (χ1v) is 9.61. The zero-order chi connectivity index (χ0) is 20.2. The van der Waals surface area contributed by atoms with E-state index in [1.165, 1.54) is 17.7 Å². The largest absolute Gasteiger partial charge is 0.419 e. The van der Waals surface area contributed by atoms with Gasteiger partial charge in [0.15, 0.2) is 0 Å². The highest BCUT2D eigenvalue weighted by Crippen LogP contribution is 2.35. The highest BCUT2D eigenvalue weighted by Gasteiger charge is 2.33. The molecule has 0 bridgehead atoms. The van der Waals surface area contributed by atoms with Crippen molar-refractivity contribution in [2.75, 3.05) is 23.3 Å². The first-order chi connectivity index (χ1) is 13.9. The molecule has 0 saturated carbocycles. The Labute approximate surface area is 166 Å². The van der Waals surface area contributed by atoms with Gasteiger partial charge in [0.2, 0.25) is 5.95 Å². The van der Waals surface area contributed by atoms with E-state index in [9.17, 15) is 13.2 Å². The second kappa shape index (κ2) is 6.48. The molecule has 29 heavy (non-hydrogen) atoms. The lowest BCUT2D eigenvalue weighted by molar-refractivity contribution is -0.138. The summed E-state index contributed by atoms with van der Waals surface area (Å²) < 4.78 is 38.8. The van der Waals surface area contributed by atoms with Crippen molar-refractivity contribution in [3.05, 3.63) is 42.1 Å². The summed E-state index contributed by atoms with van der Waals surface area (Å²) in [6.45, 7) is 3.13. The van der Waals surface area contributed by atoms with Gasteiger partial charge < -0.3 is 10.2 Å². The van der Waals surface area contributed by atoms with Crippen LogP contribution in [-0.4, -0.2) is 44.1 Å². The smallest absolute Gasteiger partial charge is 0.362 e. The van der Waals surface area contributed by atoms with Gasteiger partial charge in [0.1, 0.15) is 17.0 Å². The van der Waals surface area contributed by atoms with Crippen molar-refractivity contribution >= 4 is 43.5 Å². The summed E-state index contributed by atoms with van der Waals surface area (Å²) >= 11 is 1.53. The number of pyridine rings is 1. The molecule has 1 fully saturated rings. The maximum atomic E-state index is 12.6. The van der Waals surface area contributed by atoms with Gasteiger partial charge in [-0.25, -0.2) is 24.9 Å². The van der Waals surface area contributed by atoms with Crippen molar-refractivity contribution < 1.29 is 13.2 Å². The molecule has 7 nitrogen and oxygen atoms in total. The summed E-state index contributed by atoms with van der Waals surface area (Å²) in [7, 11) is 0. The molecule has 5 heterocycles. The average molecular weight is 417 g/mol. The Bertz CT molecular complexity index is 1200. The molecule has 1 saturated heterocycles. The van der Waals surface area contributed by atoms with Crippen molar-refractivity contribution in [1.29, 1.82) is 0 Å². The maximum Gasteiger partial charge on any atom is 0.419 e. The second-order valence-corrected chi connectivity index (χ2v) is 7.88. The Hall–Kier alpha value is -3.08. The molecule has 0 aromatic carbocycles. The van der Waals surface area contributed by atoms with Crippen LogP contribution in [0.2, 0.25) is 0 Å². The van der Waals surface area contributed by atoms with Crippen LogP contribution in [0.1, 0.15) is 11.1 Å². The van der Waals surface area contributed by atoms with Gasteiger partial charge >= 0.3 is 6.18 Å². The fourth-order valence-corrected chi connectivity index (χ4v) is 4.26. The van der Waals surface area contributed by atoms with E-state index < -0.39 is 11.7 Å². The van der Waals surface area contributed by atoms with E-state index in [0.717, 1.165) is 44.2 Å². The fourth-order valence-electron chi connectivity index (χ4n) is 3.23. The van der Waals surface area contributed by atoms with Gasteiger partial charge in [0.05, 0.1) is 21.8 Å². The van der Waals surface area contributed by atoms with Gasteiger partial charge in [-0.15, -0.1) is 11.3 Å². The first-order valence-electron chi connectivity index (χ1n) is 8.79. The minimum atomic E-state index is -4.44. The third kappa shape index (κ3) is 3.20. The average Bonchev–Trinajstić information content (AvgIpc) is 3.02. The van der Waals surface area contributed by atoms with E-state index >= 15 is 0 Å². The number of hydrogen-bond acceptors (Lipinski definition) is 8. The van der Waals surface area contributed by atoms with E-state index in [1.807, 2.05) is 18.0 Å². The van der Waals surface area contributed by atoms with Gasteiger partial charge in [-0.1, -0.05) is 0 Å². The fraction of sp³-hybridized carbons (Fsp3) is 0.278. The Morgan fingerprint density at radius 3 is 2.55 bits per heavy atom. The highest BCUT2D eigenvalue weighted by molar-refractivity contribution is 7.25. The lowest BCUT2D eigenvalue weighted by Crippen LogP contribution is -2.55. The summed E-state index contributed by atoms with van der Waals surface area (Å²) in [6.07, 6.45) is 0.529. The Morgan fingerprint density at radius 1 is 1.07 bits per heavy atom. The predicted octanol–water partition coefficient (Wildman–Crippen LogP) is 3.66. The topological polar surface area (TPSA) is 79.7 Å². The lowest BCUT2D eigenvalue weighted by atomic mass is 10.1. The molecule has 0 radical (unpaired) electrons. The van der Waals surface area contributed by atoms with E-state index in [1.54, 1.807) is 0 Å². The van der Waals surface area contributed by atoms with Crippen LogP contribution in [0, 0.1) is 6.92 Å². The Morgan fingerprint density at radius 2 is 1.83 bits per heavy atom. The van der Waals surface area contributed by atoms with Crippen molar-refractivity contribution in [2.24, 2.45) is 0 Å². The van der Waals surface area contributed by atoms with E-state index in [0.29, 0.717) is 13.1 Å². The molecular weight excluding hydrogens is 403 g/mol. The van der Waals surface area contributed by atoms with Crippen LogP contribution in [0.15, 0.2) is 31.0 Å². The number of nitrogens with one attached hydrogen (secondary N) is 1. The minimum Gasteiger partial charge on any atom is -0.362 e. The zero-order valence-electron chi connectivity index (χ0n) is 15.1. The second-order valence-electron chi connectivity index (χ2n) is 6.88. The molecule has 4 aromatic heterocycles. The molecule has 1 aliphatic rings. The van der Waals surface area contributed by atoms with Crippen molar-refractivity contribution in [1.82, 2.24) is 24.9 Å². The number of anilines is 2. The molecule has 0 amide bonds. The van der Waals surface area contributed by atoms with Crippen LogP contribution >= 0.6 is 11.3 Å². The van der Waals surface area contributed by atoms with Gasteiger partial charge in [-0.05, 0) is 18.6 Å². The van der Waals surface area contributed by atoms with Crippen molar-refractivity contribution in [3.8, 4) is 0 Å². The van der Waals surface area contributed by atoms with Crippen LogP contribution in [0.4, 0.5) is 24.9 Å². The van der Waals surface area contributed by atoms with Crippen molar-refractivity contribution in [3.63, 3.8) is 0 Å². The van der Waals surface area contributed by atoms with Gasteiger partial charge in [-0.2, -0.15) is 13.2 Å². The molecular formula is C18H14F3N7S. The molecule has 0 spiro atoms. The molecule has 0 aliphatic carbocycles. The number of fused-ring (bicyclic) bond motifs is 3. The quantitative estimate of drug-likeness (QED) is 0.545. The number of thiophene rings is 1. The first kappa shape index (κ1) is 18.0. The van der Waals surface area contributed by atoms with Gasteiger partial charge in [0, 0.05) is 37.1 Å². The third-order valence-electron chi connectivity index (χ3n) is 4.72. The van der Waals surface area contributed by atoms with E-state index in [-0.39, 0.29) is 12.0 Å². The summed E-state index contributed by atoms with van der Waals surface area (Å²) in [6, 6.07) is 2.14. The number of aryl methyl sites for hydroxylation is 1. The number of rotatable bonds is 3. The summed E-state index contributed by atoms with van der Waals surface area (Å²) in [5.74, 6) is 1.01.